The van der Waals surface area contributed by atoms with E-state index >= 15 is 0 Å². The van der Waals surface area contributed by atoms with Crippen molar-refractivity contribution in [3.05, 3.63) is 48.6 Å². The van der Waals surface area contributed by atoms with Crippen LogP contribution in [0.1, 0.15) is 17.4 Å². The van der Waals surface area contributed by atoms with Gasteiger partial charge in [0.15, 0.2) is 0 Å². The lowest BCUT2D eigenvalue weighted by Gasteiger charge is -2.09. The predicted molar refractivity (Wildman–Crippen MR) is 62.2 cm³/mol. The molecule has 0 fully saturated rings. The van der Waals surface area contributed by atoms with Gasteiger partial charge in [-0.25, -0.2) is 9.50 Å². The SMILES string of the molecule is Cn1ccnc1C(N)c1cnn2ccncc12. The van der Waals surface area contributed by atoms with Gasteiger partial charge in [0.2, 0.25) is 0 Å². The zero-order valence-electron chi connectivity index (χ0n) is 9.35. The van der Waals surface area contributed by atoms with Gasteiger partial charge >= 0.3 is 0 Å². The van der Waals surface area contributed by atoms with Crippen LogP contribution in [0.15, 0.2) is 37.2 Å². The van der Waals surface area contributed by atoms with E-state index in [1.54, 1.807) is 35.5 Å². The number of nitrogens with zero attached hydrogens (tertiary/aromatic N) is 5. The van der Waals surface area contributed by atoms with Crippen LogP contribution >= 0.6 is 0 Å². The first-order valence-electron chi connectivity index (χ1n) is 5.27. The minimum absolute atomic E-state index is 0.295. The molecule has 86 valence electrons. The summed E-state index contributed by atoms with van der Waals surface area (Å²) in [6.45, 7) is 0. The zero-order valence-corrected chi connectivity index (χ0v) is 9.35. The average molecular weight is 228 g/mol. The van der Waals surface area contributed by atoms with E-state index in [1.165, 1.54) is 0 Å². The van der Waals surface area contributed by atoms with Gasteiger partial charge in [-0.3, -0.25) is 4.98 Å². The first-order valence-corrected chi connectivity index (χ1v) is 5.27. The Labute approximate surface area is 97.7 Å². The lowest BCUT2D eigenvalue weighted by Crippen LogP contribution is -2.16. The third kappa shape index (κ3) is 1.50. The maximum atomic E-state index is 6.21. The second kappa shape index (κ2) is 3.67. The standard InChI is InChI=1S/C11H12N6/c1-16-4-3-14-11(16)10(12)8-6-15-17-5-2-13-7-9(8)17/h2-7,10H,12H2,1H3. The Morgan fingerprint density at radius 3 is 2.88 bits per heavy atom. The van der Waals surface area contributed by atoms with Crippen LogP contribution in [-0.2, 0) is 7.05 Å². The molecule has 0 amide bonds. The Kier molecular flexibility index (Phi) is 2.15. The third-order valence-electron chi connectivity index (χ3n) is 2.83. The van der Waals surface area contributed by atoms with Gasteiger partial charge in [0.25, 0.3) is 0 Å². The largest absolute Gasteiger partial charge is 0.336 e. The summed E-state index contributed by atoms with van der Waals surface area (Å²) in [7, 11) is 1.92. The van der Waals surface area contributed by atoms with Crippen LogP contribution in [0.5, 0.6) is 0 Å². The topological polar surface area (TPSA) is 74.0 Å². The summed E-state index contributed by atoms with van der Waals surface area (Å²) in [5.41, 5.74) is 8.04. The Bertz CT molecular complexity index is 653. The Morgan fingerprint density at radius 2 is 2.12 bits per heavy atom. The van der Waals surface area contributed by atoms with Crippen LogP contribution in [-0.4, -0.2) is 24.1 Å². The summed E-state index contributed by atoms with van der Waals surface area (Å²) in [4.78, 5) is 8.35. The van der Waals surface area contributed by atoms with E-state index in [1.807, 2.05) is 17.8 Å². The van der Waals surface area contributed by atoms with Crippen molar-refractivity contribution in [2.45, 2.75) is 6.04 Å². The molecule has 6 heteroatoms. The highest BCUT2D eigenvalue weighted by molar-refractivity contribution is 5.54. The second-order valence-corrected chi connectivity index (χ2v) is 3.88. The molecule has 0 aliphatic rings. The average Bonchev–Trinajstić information content (AvgIpc) is 2.94. The van der Waals surface area contributed by atoms with Crippen LogP contribution in [0.2, 0.25) is 0 Å². The molecule has 3 heterocycles. The molecule has 0 spiro atoms. The first kappa shape index (κ1) is 9.98. The van der Waals surface area contributed by atoms with Crippen molar-refractivity contribution in [2.24, 2.45) is 12.8 Å². The fourth-order valence-corrected chi connectivity index (χ4v) is 1.91. The molecular weight excluding hydrogens is 216 g/mol. The van der Waals surface area contributed by atoms with Gasteiger partial charge in [-0.15, -0.1) is 0 Å². The van der Waals surface area contributed by atoms with Crippen LogP contribution in [0, 0.1) is 0 Å². The van der Waals surface area contributed by atoms with Crippen LogP contribution in [0.25, 0.3) is 5.52 Å². The van der Waals surface area contributed by atoms with Crippen LogP contribution < -0.4 is 5.73 Å². The number of aryl methyl sites for hydroxylation is 1. The van der Waals surface area contributed by atoms with Crippen molar-refractivity contribution in [3.8, 4) is 0 Å². The molecule has 1 atom stereocenters. The molecule has 0 saturated carbocycles. The fraction of sp³-hybridized carbons (Fsp3) is 0.182. The van der Waals surface area contributed by atoms with Gasteiger partial charge in [0, 0.05) is 37.4 Å². The summed E-state index contributed by atoms with van der Waals surface area (Å²) in [5, 5.41) is 4.24. The normalized spacial score (nSPS) is 13.1. The fourth-order valence-electron chi connectivity index (χ4n) is 1.91. The van der Waals surface area contributed by atoms with Crippen molar-refractivity contribution in [3.63, 3.8) is 0 Å². The number of fused-ring (bicyclic) bond motifs is 1. The van der Waals surface area contributed by atoms with E-state index in [0.29, 0.717) is 0 Å². The molecule has 3 aromatic rings. The van der Waals surface area contributed by atoms with E-state index in [9.17, 15) is 0 Å². The lowest BCUT2D eigenvalue weighted by molar-refractivity contribution is 0.720. The number of hydrogen-bond acceptors (Lipinski definition) is 4. The molecule has 1 unspecified atom stereocenters. The summed E-state index contributed by atoms with van der Waals surface area (Å²) in [6, 6.07) is -0.295. The van der Waals surface area contributed by atoms with E-state index in [4.69, 9.17) is 5.73 Å². The monoisotopic (exact) mass is 228 g/mol. The quantitative estimate of drug-likeness (QED) is 0.693. The second-order valence-electron chi connectivity index (χ2n) is 3.88. The van der Waals surface area contributed by atoms with E-state index in [-0.39, 0.29) is 6.04 Å². The molecule has 2 N–H and O–H groups in total. The molecule has 3 rings (SSSR count). The number of nitrogens with two attached hydrogens (primary N) is 1. The van der Waals surface area contributed by atoms with Crippen LogP contribution in [0.4, 0.5) is 0 Å². The maximum Gasteiger partial charge on any atom is 0.130 e. The third-order valence-corrected chi connectivity index (χ3v) is 2.83. The Hall–Kier alpha value is -2.21. The van der Waals surface area contributed by atoms with E-state index < -0.39 is 0 Å². The minimum Gasteiger partial charge on any atom is -0.336 e. The van der Waals surface area contributed by atoms with Gasteiger partial charge in [-0.05, 0) is 0 Å². The molecule has 0 aromatic carbocycles. The lowest BCUT2D eigenvalue weighted by atomic mass is 10.1. The van der Waals surface area contributed by atoms with Crippen molar-refractivity contribution in [2.75, 3.05) is 0 Å². The van der Waals surface area contributed by atoms with Crippen molar-refractivity contribution >= 4 is 5.52 Å². The highest BCUT2D eigenvalue weighted by atomic mass is 15.2. The highest BCUT2D eigenvalue weighted by Crippen LogP contribution is 2.21. The van der Waals surface area contributed by atoms with Gasteiger partial charge < -0.3 is 10.3 Å². The molecule has 17 heavy (non-hydrogen) atoms. The number of imidazole rings is 1. The molecule has 3 aromatic heterocycles. The van der Waals surface area contributed by atoms with Gasteiger partial charge in [-0.2, -0.15) is 5.10 Å². The Morgan fingerprint density at radius 1 is 1.24 bits per heavy atom. The summed E-state index contributed by atoms with van der Waals surface area (Å²) < 4.78 is 3.66. The summed E-state index contributed by atoms with van der Waals surface area (Å²) in [6.07, 6.45) is 10.6. The molecule has 0 bridgehead atoms. The predicted octanol–water partition coefficient (Wildman–Crippen LogP) is 0.511. The first-order chi connectivity index (χ1) is 8.27. The van der Waals surface area contributed by atoms with Crippen molar-refractivity contribution < 1.29 is 0 Å². The molecule has 0 aliphatic heterocycles. The van der Waals surface area contributed by atoms with E-state index in [2.05, 4.69) is 15.1 Å². The number of hydrogen-bond donors (Lipinski definition) is 1. The van der Waals surface area contributed by atoms with Crippen molar-refractivity contribution in [1.29, 1.82) is 0 Å². The summed E-state index contributed by atoms with van der Waals surface area (Å²) >= 11 is 0. The maximum absolute atomic E-state index is 6.21. The molecular formula is C11H12N6. The van der Waals surface area contributed by atoms with Crippen molar-refractivity contribution in [1.82, 2.24) is 24.1 Å². The van der Waals surface area contributed by atoms with Gasteiger partial charge in [0.05, 0.1) is 24.0 Å². The molecule has 0 saturated heterocycles. The van der Waals surface area contributed by atoms with E-state index in [0.717, 1.165) is 16.9 Å². The van der Waals surface area contributed by atoms with Gasteiger partial charge in [-0.1, -0.05) is 0 Å². The molecule has 6 nitrogen and oxygen atoms in total. The minimum atomic E-state index is -0.295. The molecule has 0 aliphatic carbocycles. The Balaban J connectivity index is 2.13. The van der Waals surface area contributed by atoms with Gasteiger partial charge in [0.1, 0.15) is 5.82 Å². The molecule has 0 radical (unpaired) electrons. The zero-order chi connectivity index (χ0) is 11.8. The number of aromatic nitrogens is 5. The highest BCUT2D eigenvalue weighted by Gasteiger charge is 2.17. The van der Waals surface area contributed by atoms with Crippen LogP contribution in [0.3, 0.4) is 0 Å². The smallest absolute Gasteiger partial charge is 0.130 e. The summed E-state index contributed by atoms with van der Waals surface area (Å²) in [5.74, 6) is 0.809. The number of rotatable bonds is 2.